The molecule has 2 fully saturated rings. The van der Waals surface area contributed by atoms with Gasteiger partial charge in [-0.15, -0.1) is 0 Å². The first-order valence-corrected chi connectivity index (χ1v) is 10.1. The Labute approximate surface area is 154 Å². The van der Waals surface area contributed by atoms with Crippen LogP contribution in [0.15, 0.2) is 22.7 Å². The number of likely N-dealkylation sites (tertiary alicyclic amines) is 1. The van der Waals surface area contributed by atoms with Crippen LogP contribution in [0.4, 0.5) is 11.4 Å². The first-order chi connectivity index (χ1) is 11.7. The maximum atomic E-state index is 6.08. The number of nitrogens with one attached hydrogen (secondary N) is 1. The number of rotatable bonds is 5. The average molecular weight is 396 g/mol. The monoisotopic (exact) mass is 395 g/mol. The maximum Gasteiger partial charge on any atom is 0.0587 e. The van der Waals surface area contributed by atoms with Crippen LogP contribution in [0.5, 0.6) is 0 Å². The Morgan fingerprint density at radius 3 is 2.54 bits per heavy atom. The van der Waals surface area contributed by atoms with E-state index in [9.17, 15) is 0 Å². The van der Waals surface area contributed by atoms with Gasteiger partial charge in [0.2, 0.25) is 0 Å². The first-order valence-electron chi connectivity index (χ1n) is 9.33. The smallest absolute Gasteiger partial charge is 0.0587 e. The number of benzene rings is 1. The number of nitrogen functional groups attached to an aromatic ring is 1. The quantitative estimate of drug-likeness (QED) is 0.731. The number of anilines is 2. The molecule has 1 aromatic rings. The Balaban J connectivity index is 1.45. The van der Waals surface area contributed by atoms with E-state index in [1.54, 1.807) is 0 Å². The molecular formula is C19H30BrN3O. The number of nitrogens with two attached hydrogens (primary N) is 1. The van der Waals surface area contributed by atoms with E-state index >= 15 is 0 Å². The molecule has 0 atom stereocenters. The molecule has 0 spiro atoms. The first kappa shape index (κ1) is 18.0. The van der Waals surface area contributed by atoms with Gasteiger partial charge in [-0.25, -0.2) is 0 Å². The molecule has 2 aliphatic rings. The van der Waals surface area contributed by atoms with E-state index < -0.39 is 0 Å². The molecule has 1 heterocycles. The van der Waals surface area contributed by atoms with Crippen molar-refractivity contribution in [3.63, 3.8) is 0 Å². The van der Waals surface area contributed by atoms with Gasteiger partial charge in [-0.3, -0.25) is 0 Å². The van der Waals surface area contributed by atoms with Gasteiger partial charge < -0.3 is 20.7 Å². The van der Waals surface area contributed by atoms with Crippen LogP contribution in [-0.4, -0.2) is 42.8 Å². The highest BCUT2D eigenvalue weighted by Gasteiger charge is 2.29. The maximum absolute atomic E-state index is 6.08. The lowest BCUT2D eigenvalue weighted by Gasteiger charge is -2.41. The molecule has 4 nitrogen and oxygen atoms in total. The molecule has 1 aliphatic carbocycles. The molecule has 0 unspecified atom stereocenters. The van der Waals surface area contributed by atoms with Crippen LogP contribution in [0.1, 0.15) is 45.4 Å². The average Bonchev–Trinajstić information content (AvgIpc) is 2.60. The highest BCUT2D eigenvalue weighted by atomic mass is 79.9. The molecule has 1 aromatic carbocycles. The summed E-state index contributed by atoms with van der Waals surface area (Å²) < 4.78 is 6.85. The molecule has 134 valence electrons. The van der Waals surface area contributed by atoms with E-state index in [1.165, 1.54) is 51.6 Å². The van der Waals surface area contributed by atoms with E-state index in [1.807, 2.05) is 12.1 Å². The lowest BCUT2D eigenvalue weighted by Crippen LogP contribution is -2.46. The van der Waals surface area contributed by atoms with Crippen molar-refractivity contribution in [2.45, 2.75) is 63.6 Å². The van der Waals surface area contributed by atoms with E-state index in [0.717, 1.165) is 28.5 Å². The van der Waals surface area contributed by atoms with Crippen LogP contribution in [0.25, 0.3) is 0 Å². The molecule has 3 N–H and O–H groups in total. The summed E-state index contributed by atoms with van der Waals surface area (Å²) in [5.74, 6) is 0. The third-order valence-electron chi connectivity index (χ3n) is 5.47. The lowest BCUT2D eigenvalue weighted by atomic mass is 9.90. The van der Waals surface area contributed by atoms with Crippen molar-refractivity contribution in [2.75, 3.05) is 30.7 Å². The summed E-state index contributed by atoms with van der Waals surface area (Å²) in [5.41, 5.74) is 7.97. The van der Waals surface area contributed by atoms with Crippen LogP contribution < -0.4 is 11.1 Å². The molecule has 3 rings (SSSR count). The van der Waals surface area contributed by atoms with Crippen molar-refractivity contribution >= 4 is 27.3 Å². The zero-order valence-electron chi connectivity index (χ0n) is 14.6. The minimum Gasteiger partial charge on any atom is -0.397 e. The molecule has 0 amide bonds. The summed E-state index contributed by atoms with van der Waals surface area (Å²) in [6, 6.07) is 7.31. The van der Waals surface area contributed by atoms with Gasteiger partial charge in [0.1, 0.15) is 0 Å². The van der Waals surface area contributed by atoms with Gasteiger partial charge in [0.05, 0.1) is 17.5 Å². The van der Waals surface area contributed by atoms with Gasteiger partial charge in [0.15, 0.2) is 0 Å². The second-order valence-corrected chi connectivity index (χ2v) is 7.99. The molecule has 1 saturated heterocycles. The van der Waals surface area contributed by atoms with E-state index in [-0.39, 0.29) is 0 Å². The topological polar surface area (TPSA) is 50.5 Å². The largest absolute Gasteiger partial charge is 0.397 e. The summed E-state index contributed by atoms with van der Waals surface area (Å²) in [4.78, 5) is 2.70. The van der Waals surface area contributed by atoms with Gasteiger partial charge in [-0.1, -0.05) is 15.9 Å². The van der Waals surface area contributed by atoms with Crippen LogP contribution in [-0.2, 0) is 4.74 Å². The standard InChI is InChI=1S/C19H30BrN3O/c1-2-24-17-6-4-16(5-7-17)23-11-9-15(10-12-23)22-19-13-14(20)3-8-18(19)21/h3,8,13,15-17,22H,2,4-7,9-12,21H2,1H3/t16-,17-. The minimum atomic E-state index is 0.505. The minimum absolute atomic E-state index is 0.505. The Kier molecular flexibility index (Phi) is 6.42. The van der Waals surface area contributed by atoms with Gasteiger partial charge in [0.25, 0.3) is 0 Å². The van der Waals surface area contributed by atoms with E-state index in [0.29, 0.717) is 12.1 Å². The van der Waals surface area contributed by atoms with Crippen molar-refractivity contribution in [2.24, 2.45) is 0 Å². The van der Waals surface area contributed by atoms with Crippen LogP contribution in [0.3, 0.4) is 0 Å². The Hall–Kier alpha value is -0.780. The molecule has 5 heteroatoms. The van der Waals surface area contributed by atoms with Crippen molar-refractivity contribution in [1.29, 1.82) is 0 Å². The predicted molar refractivity (Wildman–Crippen MR) is 104 cm³/mol. The van der Waals surface area contributed by atoms with Gasteiger partial charge in [-0.2, -0.15) is 0 Å². The van der Waals surface area contributed by atoms with Crippen molar-refractivity contribution in [3.8, 4) is 0 Å². The summed E-state index contributed by atoms with van der Waals surface area (Å²) in [6.45, 7) is 5.33. The Morgan fingerprint density at radius 1 is 1.17 bits per heavy atom. The molecular weight excluding hydrogens is 366 g/mol. The summed E-state index contributed by atoms with van der Waals surface area (Å²) in [6.07, 6.45) is 7.93. The summed E-state index contributed by atoms with van der Waals surface area (Å²) >= 11 is 3.52. The Morgan fingerprint density at radius 2 is 1.88 bits per heavy atom. The lowest BCUT2D eigenvalue weighted by molar-refractivity contribution is 0.00994. The Bertz CT molecular complexity index is 523. The van der Waals surface area contributed by atoms with Gasteiger partial charge in [0, 0.05) is 36.3 Å². The van der Waals surface area contributed by atoms with Gasteiger partial charge >= 0.3 is 0 Å². The number of hydrogen-bond acceptors (Lipinski definition) is 4. The molecule has 0 aromatic heterocycles. The third-order valence-corrected chi connectivity index (χ3v) is 5.96. The summed E-state index contributed by atoms with van der Waals surface area (Å²) in [5, 5.41) is 3.64. The van der Waals surface area contributed by atoms with Crippen molar-refractivity contribution in [1.82, 2.24) is 4.90 Å². The SMILES string of the molecule is CCO[C@H]1CC[C@H](N2CCC(Nc3cc(Br)ccc3N)CC2)CC1. The zero-order chi connectivity index (χ0) is 16.9. The highest BCUT2D eigenvalue weighted by Crippen LogP contribution is 2.29. The fourth-order valence-corrected chi connectivity index (χ4v) is 4.46. The zero-order valence-corrected chi connectivity index (χ0v) is 16.2. The second-order valence-electron chi connectivity index (χ2n) is 7.07. The summed E-state index contributed by atoms with van der Waals surface area (Å²) in [7, 11) is 0. The molecule has 0 radical (unpaired) electrons. The van der Waals surface area contributed by atoms with Crippen LogP contribution in [0, 0.1) is 0 Å². The molecule has 1 saturated carbocycles. The van der Waals surface area contributed by atoms with Crippen molar-refractivity contribution < 1.29 is 4.74 Å². The molecule has 0 bridgehead atoms. The normalized spacial score (nSPS) is 26.4. The fraction of sp³-hybridized carbons (Fsp3) is 0.684. The van der Waals surface area contributed by atoms with Crippen LogP contribution in [0.2, 0.25) is 0 Å². The number of piperidine rings is 1. The van der Waals surface area contributed by atoms with Crippen molar-refractivity contribution in [3.05, 3.63) is 22.7 Å². The van der Waals surface area contributed by atoms with E-state index in [2.05, 4.69) is 39.1 Å². The molecule has 24 heavy (non-hydrogen) atoms. The number of ether oxygens (including phenoxy) is 1. The van der Waals surface area contributed by atoms with Gasteiger partial charge in [-0.05, 0) is 63.6 Å². The van der Waals surface area contributed by atoms with E-state index in [4.69, 9.17) is 10.5 Å². The number of hydrogen-bond donors (Lipinski definition) is 2. The number of nitrogens with zero attached hydrogens (tertiary/aromatic N) is 1. The molecule has 1 aliphatic heterocycles. The fourth-order valence-electron chi connectivity index (χ4n) is 4.10. The third kappa shape index (κ3) is 4.64. The predicted octanol–water partition coefficient (Wildman–Crippen LogP) is 4.26. The van der Waals surface area contributed by atoms with Crippen LogP contribution >= 0.6 is 15.9 Å². The second kappa shape index (κ2) is 8.54. The highest BCUT2D eigenvalue weighted by molar-refractivity contribution is 9.10. The number of halogens is 1.